The molecule has 168 valence electrons. The van der Waals surface area contributed by atoms with Gasteiger partial charge in [-0.05, 0) is 79.3 Å². The molecule has 3 aromatic carbocycles. The Morgan fingerprint density at radius 1 is 0.545 bits per heavy atom. The molecule has 0 fully saturated rings. The Bertz CT molecular complexity index is 1160. The van der Waals surface area contributed by atoms with E-state index in [2.05, 4.69) is 61.8 Å². The first-order valence-corrected chi connectivity index (χ1v) is 11.8. The van der Waals surface area contributed by atoms with Gasteiger partial charge < -0.3 is 0 Å². The number of unbranched alkanes of at least 4 members (excludes halogenated alkanes) is 3. The van der Waals surface area contributed by atoms with E-state index in [1.165, 1.54) is 18.4 Å². The fourth-order valence-electron chi connectivity index (χ4n) is 3.50. The van der Waals surface area contributed by atoms with Gasteiger partial charge >= 0.3 is 0 Å². The molecule has 0 atom stereocenters. The third-order valence-corrected chi connectivity index (χ3v) is 5.56. The molecular weight excluding hydrogens is 410 g/mol. The van der Waals surface area contributed by atoms with Crippen molar-refractivity contribution in [1.82, 2.24) is 0 Å². The zero-order valence-corrected chi connectivity index (χ0v) is 19.5. The van der Waals surface area contributed by atoms with E-state index >= 15 is 0 Å². The standard InChI is InChI=1S/C31H30F2/c1-3-5-7-9-28-22-23-29(31(33)30(28)32)21-20-27-18-16-26(17-19-27)15-14-25-12-10-24(11-13-25)8-6-4-2/h10-13,16-19,22-23H,3-9H2,1-2H3. The van der Waals surface area contributed by atoms with Crippen molar-refractivity contribution in [3.05, 3.63) is 106 Å². The van der Waals surface area contributed by atoms with Gasteiger partial charge in [0.1, 0.15) is 0 Å². The Morgan fingerprint density at radius 3 is 1.67 bits per heavy atom. The lowest BCUT2D eigenvalue weighted by Gasteiger charge is -2.05. The van der Waals surface area contributed by atoms with Crippen LogP contribution in [0.2, 0.25) is 0 Å². The molecule has 0 saturated carbocycles. The van der Waals surface area contributed by atoms with Crippen LogP contribution in [-0.4, -0.2) is 0 Å². The van der Waals surface area contributed by atoms with E-state index in [4.69, 9.17) is 0 Å². The summed E-state index contributed by atoms with van der Waals surface area (Å²) in [4.78, 5) is 0. The molecule has 3 aromatic rings. The van der Waals surface area contributed by atoms with Gasteiger partial charge in [0, 0.05) is 16.7 Å². The minimum atomic E-state index is -0.861. The van der Waals surface area contributed by atoms with Crippen LogP contribution < -0.4 is 0 Å². The summed E-state index contributed by atoms with van der Waals surface area (Å²) in [5.41, 5.74) is 4.43. The van der Waals surface area contributed by atoms with Crippen LogP contribution in [0.15, 0.2) is 60.7 Å². The quantitative estimate of drug-likeness (QED) is 0.259. The minimum absolute atomic E-state index is 0.0815. The summed E-state index contributed by atoms with van der Waals surface area (Å²) in [6.45, 7) is 4.28. The van der Waals surface area contributed by atoms with Crippen molar-refractivity contribution in [3.63, 3.8) is 0 Å². The second-order valence-electron chi connectivity index (χ2n) is 8.24. The maximum Gasteiger partial charge on any atom is 0.174 e. The van der Waals surface area contributed by atoms with E-state index in [0.717, 1.165) is 42.4 Å². The number of benzene rings is 3. The van der Waals surface area contributed by atoms with Crippen molar-refractivity contribution in [2.75, 3.05) is 0 Å². The number of rotatable bonds is 7. The molecule has 0 radical (unpaired) electrons. The highest BCUT2D eigenvalue weighted by Crippen LogP contribution is 2.18. The third kappa shape index (κ3) is 7.34. The van der Waals surface area contributed by atoms with Crippen LogP contribution in [-0.2, 0) is 12.8 Å². The first-order valence-electron chi connectivity index (χ1n) is 11.8. The normalized spacial score (nSPS) is 10.2. The van der Waals surface area contributed by atoms with E-state index in [0.29, 0.717) is 12.0 Å². The van der Waals surface area contributed by atoms with E-state index in [1.807, 2.05) is 24.3 Å². The van der Waals surface area contributed by atoms with Crippen LogP contribution in [0, 0.1) is 35.3 Å². The molecule has 0 N–H and O–H groups in total. The van der Waals surface area contributed by atoms with Gasteiger partial charge in [0.25, 0.3) is 0 Å². The van der Waals surface area contributed by atoms with Gasteiger partial charge in [-0.25, -0.2) is 8.78 Å². The van der Waals surface area contributed by atoms with E-state index in [1.54, 1.807) is 12.1 Å². The molecule has 0 aliphatic rings. The molecule has 0 amide bonds. The third-order valence-electron chi connectivity index (χ3n) is 5.56. The lowest BCUT2D eigenvalue weighted by Crippen LogP contribution is -1.98. The van der Waals surface area contributed by atoms with Crippen molar-refractivity contribution in [3.8, 4) is 23.7 Å². The second kappa shape index (κ2) is 12.6. The highest BCUT2D eigenvalue weighted by atomic mass is 19.2. The Balaban J connectivity index is 1.65. The first-order chi connectivity index (χ1) is 16.1. The summed E-state index contributed by atoms with van der Waals surface area (Å²) in [6.07, 6.45) is 6.96. The molecule has 0 heterocycles. The second-order valence-corrected chi connectivity index (χ2v) is 8.24. The lowest BCUT2D eigenvalue weighted by atomic mass is 10.0. The van der Waals surface area contributed by atoms with Gasteiger partial charge in [-0.15, -0.1) is 0 Å². The predicted molar refractivity (Wildman–Crippen MR) is 133 cm³/mol. The van der Waals surface area contributed by atoms with Crippen molar-refractivity contribution >= 4 is 0 Å². The summed E-state index contributed by atoms with van der Waals surface area (Å²) in [7, 11) is 0. The van der Waals surface area contributed by atoms with Gasteiger partial charge in [0.05, 0.1) is 5.56 Å². The largest absolute Gasteiger partial charge is 0.203 e. The Kier molecular flexibility index (Phi) is 9.29. The maximum atomic E-state index is 14.4. The van der Waals surface area contributed by atoms with Crippen LogP contribution in [0.25, 0.3) is 0 Å². The zero-order chi connectivity index (χ0) is 23.5. The summed E-state index contributed by atoms with van der Waals surface area (Å²) < 4.78 is 28.7. The zero-order valence-electron chi connectivity index (χ0n) is 19.5. The van der Waals surface area contributed by atoms with E-state index in [9.17, 15) is 8.78 Å². The van der Waals surface area contributed by atoms with E-state index < -0.39 is 11.6 Å². The van der Waals surface area contributed by atoms with Crippen molar-refractivity contribution < 1.29 is 8.78 Å². The van der Waals surface area contributed by atoms with E-state index in [-0.39, 0.29) is 5.56 Å². The Hall–Kier alpha value is -3.36. The molecule has 0 aliphatic heterocycles. The lowest BCUT2D eigenvalue weighted by molar-refractivity contribution is 0.494. The predicted octanol–water partition coefficient (Wildman–Crippen LogP) is 7.84. The van der Waals surface area contributed by atoms with Gasteiger partial charge in [-0.3, -0.25) is 0 Å². The number of hydrogen-bond acceptors (Lipinski definition) is 0. The summed E-state index contributed by atoms with van der Waals surface area (Å²) in [5, 5.41) is 0. The molecule has 0 unspecified atom stereocenters. The summed E-state index contributed by atoms with van der Waals surface area (Å²) >= 11 is 0. The summed E-state index contributed by atoms with van der Waals surface area (Å²) in [6, 6.07) is 19.1. The van der Waals surface area contributed by atoms with Gasteiger partial charge in [0.2, 0.25) is 0 Å². The van der Waals surface area contributed by atoms with Crippen LogP contribution in [0.1, 0.15) is 79.3 Å². The van der Waals surface area contributed by atoms with Gasteiger partial charge in [-0.1, -0.05) is 75.0 Å². The molecule has 0 spiro atoms. The topological polar surface area (TPSA) is 0 Å². The van der Waals surface area contributed by atoms with Gasteiger partial charge in [0.15, 0.2) is 11.6 Å². The highest BCUT2D eigenvalue weighted by molar-refractivity contribution is 5.48. The molecule has 0 aromatic heterocycles. The van der Waals surface area contributed by atoms with Crippen LogP contribution in [0.4, 0.5) is 8.78 Å². The van der Waals surface area contributed by atoms with Crippen LogP contribution in [0.5, 0.6) is 0 Å². The molecule has 3 rings (SSSR count). The first kappa shape index (κ1) is 24.3. The molecule has 0 aliphatic carbocycles. The molecular formula is C31H30F2. The average molecular weight is 441 g/mol. The smallest absolute Gasteiger partial charge is 0.174 e. The SMILES string of the molecule is CCCCCc1ccc(C#Cc2ccc(C#Cc3ccc(CCCC)cc3)cc2)c(F)c1F. The number of aryl methyl sites for hydroxylation is 2. The molecule has 0 nitrogen and oxygen atoms in total. The maximum absolute atomic E-state index is 14.4. The fraction of sp³-hybridized carbons (Fsp3) is 0.290. The monoisotopic (exact) mass is 440 g/mol. The fourth-order valence-corrected chi connectivity index (χ4v) is 3.50. The minimum Gasteiger partial charge on any atom is -0.203 e. The van der Waals surface area contributed by atoms with Crippen LogP contribution >= 0.6 is 0 Å². The number of hydrogen-bond donors (Lipinski definition) is 0. The summed E-state index contributed by atoms with van der Waals surface area (Å²) in [5.74, 6) is 10.4. The average Bonchev–Trinajstić information content (AvgIpc) is 2.85. The molecule has 2 heteroatoms. The molecule has 33 heavy (non-hydrogen) atoms. The molecule has 0 bridgehead atoms. The molecule has 0 saturated heterocycles. The highest BCUT2D eigenvalue weighted by Gasteiger charge is 2.11. The van der Waals surface area contributed by atoms with Crippen molar-refractivity contribution in [1.29, 1.82) is 0 Å². The van der Waals surface area contributed by atoms with Crippen molar-refractivity contribution in [2.45, 2.75) is 58.8 Å². The van der Waals surface area contributed by atoms with Crippen LogP contribution in [0.3, 0.4) is 0 Å². The Labute approximate surface area is 197 Å². The van der Waals surface area contributed by atoms with Gasteiger partial charge in [-0.2, -0.15) is 0 Å². The van der Waals surface area contributed by atoms with Crippen molar-refractivity contribution in [2.24, 2.45) is 0 Å². The Morgan fingerprint density at radius 2 is 1.09 bits per heavy atom. The number of halogens is 2.